The Morgan fingerprint density at radius 1 is 1.33 bits per heavy atom. The number of aryl methyl sites for hydroxylation is 1. The average Bonchev–Trinajstić information content (AvgIpc) is 2.83. The molecule has 27 heavy (non-hydrogen) atoms. The van der Waals surface area contributed by atoms with Crippen molar-refractivity contribution in [1.29, 1.82) is 0 Å². The highest BCUT2D eigenvalue weighted by molar-refractivity contribution is 6.14. The van der Waals surface area contributed by atoms with Gasteiger partial charge in [0.2, 0.25) is 5.95 Å². The van der Waals surface area contributed by atoms with Gasteiger partial charge in [0.1, 0.15) is 0 Å². The van der Waals surface area contributed by atoms with Crippen LogP contribution in [0.15, 0.2) is 29.4 Å². The van der Waals surface area contributed by atoms with Crippen LogP contribution in [0.1, 0.15) is 39.0 Å². The Bertz CT molecular complexity index is 1040. The minimum absolute atomic E-state index is 0.0857. The highest BCUT2D eigenvalue weighted by Gasteiger charge is 2.22. The van der Waals surface area contributed by atoms with Crippen LogP contribution in [0.4, 0.5) is 16.0 Å². The smallest absolute Gasteiger partial charge is 0.238 e. The monoisotopic (exact) mass is 363 g/mol. The van der Waals surface area contributed by atoms with Gasteiger partial charge < -0.3 is 5.73 Å². The summed E-state index contributed by atoms with van der Waals surface area (Å²) in [5.41, 5.74) is 11.0. The second-order valence-corrected chi connectivity index (χ2v) is 7.79. The van der Waals surface area contributed by atoms with Gasteiger partial charge in [-0.25, -0.2) is 13.9 Å². The van der Waals surface area contributed by atoms with E-state index in [9.17, 15) is 4.39 Å². The van der Waals surface area contributed by atoms with Crippen molar-refractivity contribution in [2.75, 3.05) is 5.73 Å². The van der Waals surface area contributed by atoms with Crippen molar-refractivity contribution in [3.05, 3.63) is 41.5 Å². The van der Waals surface area contributed by atoms with Crippen LogP contribution in [0.3, 0.4) is 0 Å². The van der Waals surface area contributed by atoms with E-state index >= 15 is 0 Å². The first-order valence-corrected chi connectivity index (χ1v) is 8.80. The summed E-state index contributed by atoms with van der Waals surface area (Å²) in [6.45, 7) is 9.63. The summed E-state index contributed by atoms with van der Waals surface area (Å²) < 4.78 is 16.3. The summed E-state index contributed by atoms with van der Waals surface area (Å²) in [5.74, 6) is -0.295. The lowest BCUT2D eigenvalue weighted by atomic mass is 9.69. The van der Waals surface area contributed by atoms with E-state index in [0.717, 1.165) is 22.5 Å². The Morgan fingerprint density at radius 2 is 2.04 bits per heavy atom. The van der Waals surface area contributed by atoms with Gasteiger partial charge in [-0.3, -0.25) is 4.99 Å². The molecule has 0 unspecified atom stereocenters. The fourth-order valence-electron chi connectivity index (χ4n) is 3.15. The van der Waals surface area contributed by atoms with Crippen molar-refractivity contribution in [2.24, 2.45) is 4.99 Å². The molecule has 0 saturated carbocycles. The molecule has 1 aromatic carbocycles. The van der Waals surface area contributed by atoms with E-state index in [2.05, 4.69) is 15.1 Å². The molecular weight excluding hydrogens is 340 g/mol. The molecule has 7 heteroatoms. The quantitative estimate of drug-likeness (QED) is 0.550. The van der Waals surface area contributed by atoms with Crippen LogP contribution in [0, 0.1) is 12.7 Å². The molecule has 0 amide bonds. The van der Waals surface area contributed by atoms with E-state index < -0.39 is 5.31 Å². The number of nitrogens with two attached hydrogens (primary N) is 1. The van der Waals surface area contributed by atoms with Crippen LogP contribution in [-0.4, -0.2) is 28.2 Å². The number of nitrogen functional groups attached to an aromatic ring is 1. The fraction of sp³-hybridized carbons (Fsp3) is 0.350. The molecule has 0 aliphatic carbocycles. The van der Waals surface area contributed by atoms with E-state index in [4.69, 9.17) is 13.6 Å². The standard InChI is InChI=1S/C20H23BFN5/c1-11(2)24-15-7-6-13(8-12(15)3)17-14(22)10-27-18(17)16(9-20(4,5)21)25-19(23)26-27/h6-8,10H,9H2,1-5H3,(H2,23,26). The van der Waals surface area contributed by atoms with Crippen LogP contribution < -0.4 is 5.73 Å². The predicted octanol–water partition coefficient (Wildman–Crippen LogP) is 4.45. The molecule has 0 aliphatic heterocycles. The van der Waals surface area contributed by atoms with Crippen molar-refractivity contribution in [3.63, 3.8) is 0 Å². The third-order valence-corrected chi connectivity index (χ3v) is 4.13. The zero-order valence-corrected chi connectivity index (χ0v) is 16.3. The maximum absolute atomic E-state index is 14.9. The summed E-state index contributed by atoms with van der Waals surface area (Å²) in [6.07, 6.45) is 1.77. The Balaban J connectivity index is 2.24. The highest BCUT2D eigenvalue weighted by atomic mass is 19.1. The number of fused-ring (bicyclic) bond motifs is 1. The minimum Gasteiger partial charge on any atom is -0.367 e. The van der Waals surface area contributed by atoms with Gasteiger partial charge in [0.25, 0.3) is 0 Å². The van der Waals surface area contributed by atoms with Gasteiger partial charge in [0.15, 0.2) is 5.82 Å². The molecular formula is C20H23BFN5. The molecule has 3 aromatic rings. The molecule has 138 valence electrons. The zero-order chi connectivity index (χ0) is 19.9. The number of rotatable bonds is 4. The lowest BCUT2D eigenvalue weighted by Crippen LogP contribution is -2.12. The van der Waals surface area contributed by atoms with Gasteiger partial charge in [-0.05, 0) is 50.5 Å². The topological polar surface area (TPSA) is 68.6 Å². The summed E-state index contributed by atoms with van der Waals surface area (Å²) in [6, 6.07) is 5.68. The molecule has 0 spiro atoms. The van der Waals surface area contributed by atoms with Gasteiger partial charge in [-0.15, -0.1) is 5.10 Å². The summed E-state index contributed by atoms with van der Waals surface area (Å²) in [5, 5.41) is 3.61. The molecule has 2 heterocycles. The second-order valence-electron chi connectivity index (χ2n) is 7.79. The van der Waals surface area contributed by atoms with E-state index in [-0.39, 0.29) is 11.8 Å². The zero-order valence-electron chi connectivity index (χ0n) is 16.3. The maximum atomic E-state index is 14.9. The number of anilines is 1. The first kappa shape index (κ1) is 19.1. The summed E-state index contributed by atoms with van der Waals surface area (Å²) in [7, 11) is 6.18. The lowest BCUT2D eigenvalue weighted by molar-refractivity contribution is 0.628. The maximum Gasteiger partial charge on any atom is 0.238 e. The number of halogens is 1. The van der Waals surface area contributed by atoms with Crippen molar-refractivity contribution >= 4 is 30.7 Å². The Kier molecular flexibility index (Phi) is 4.80. The predicted molar refractivity (Wildman–Crippen MR) is 109 cm³/mol. The van der Waals surface area contributed by atoms with Crippen LogP contribution >= 0.6 is 0 Å². The van der Waals surface area contributed by atoms with Gasteiger partial charge in [-0.2, -0.15) is 0 Å². The van der Waals surface area contributed by atoms with E-state index in [1.165, 1.54) is 10.7 Å². The summed E-state index contributed by atoms with van der Waals surface area (Å²) in [4.78, 5) is 8.85. The molecule has 5 nitrogen and oxygen atoms in total. The molecule has 0 saturated heterocycles. The van der Waals surface area contributed by atoms with Gasteiger partial charge in [0, 0.05) is 11.3 Å². The average molecular weight is 363 g/mol. The van der Waals surface area contributed by atoms with E-state index in [1.807, 2.05) is 52.8 Å². The largest absolute Gasteiger partial charge is 0.367 e. The molecule has 2 aromatic heterocycles. The van der Waals surface area contributed by atoms with Crippen molar-refractivity contribution in [2.45, 2.75) is 46.4 Å². The fourth-order valence-corrected chi connectivity index (χ4v) is 3.15. The van der Waals surface area contributed by atoms with Crippen LogP contribution in [0.2, 0.25) is 5.31 Å². The highest BCUT2D eigenvalue weighted by Crippen LogP contribution is 2.36. The first-order valence-electron chi connectivity index (χ1n) is 8.80. The van der Waals surface area contributed by atoms with Gasteiger partial charge in [0.05, 0.1) is 30.9 Å². The minimum atomic E-state index is -0.521. The molecule has 0 bridgehead atoms. The molecule has 3 rings (SSSR count). The summed E-state index contributed by atoms with van der Waals surface area (Å²) >= 11 is 0. The van der Waals surface area contributed by atoms with Crippen LogP contribution in [0.5, 0.6) is 0 Å². The Morgan fingerprint density at radius 3 is 2.63 bits per heavy atom. The normalized spacial score (nSPS) is 11.8. The number of nitrogens with zero attached hydrogens (tertiary/aromatic N) is 4. The number of hydrogen-bond donors (Lipinski definition) is 1. The Labute approximate surface area is 159 Å². The van der Waals surface area contributed by atoms with E-state index in [1.54, 1.807) is 0 Å². The number of aliphatic imine (C=N–C) groups is 1. The van der Waals surface area contributed by atoms with Gasteiger partial charge >= 0.3 is 0 Å². The van der Waals surface area contributed by atoms with E-state index in [0.29, 0.717) is 23.2 Å². The third kappa shape index (κ3) is 4.02. The van der Waals surface area contributed by atoms with Crippen molar-refractivity contribution < 1.29 is 4.39 Å². The molecule has 0 aliphatic rings. The first-order chi connectivity index (χ1) is 12.5. The lowest BCUT2D eigenvalue weighted by Gasteiger charge is -2.19. The number of aromatic nitrogens is 3. The molecule has 2 radical (unpaired) electrons. The van der Waals surface area contributed by atoms with Crippen LogP contribution in [0.25, 0.3) is 16.6 Å². The molecule has 0 fully saturated rings. The van der Waals surface area contributed by atoms with Gasteiger partial charge in [-0.1, -0.05) is 25.2 Å². The van der Waals surface area contributed by atoms with Crippen molar-refractivity contribution in [3.8, 4) is 11.1 Å². The Hall–Kier alpha value is -2.70. The van der Waals surface area contributed by atoms with Crippen molar-refractivity contribution in [1.82, 2.24) is 14.6 Å². The number of benzene rings is 1. The number of hydrogen-bond acceptors (Lipinski definition) is 4. The second kappa shape index (κ2) is 6.80. The van der Waals surface area contributed by atoms with Crippen LogP contribution in [-0.2, 0) is 6.42 Å². The third-order valence-electron chi connectivity index (χ3n) is 4.13. The molecule has 0 atom stereocenters. The molecule has 2 N–H and O–H groups in total. The SMILES string of the molecule is [B]C(C)(C)Cc1nc(N)nn2cc(F)c(-c3ccc(N=C(C)C)c(C)c3)c12.